The Labute approximate surface area is 99.3 Å². The van der Waals surface area contributed by atoms with E-state index >= 15 is 0 Å². The molecule has 1 saturated carbocycles. The molecule has 0 aromatic heterocycles. The zero-order valence-corrected chi connectivity index (χ0v) is 10.6. The third kappa shape index (κ3) is 2.76. The highest BCUT2D eigenvalue weighted by atomic mass is 16.5. The smallest absolute Gasteiger partial charge is 0.0503 e. The minimum absolute atomic E-state index is 0.513. The number of hydrogen-bond donors (Lipinski definition) is 1. The van der Waals surface area contributed by atoms with E-state index in [2.05, 4.69) is 4.90 Å². The predicted molar refractivity (Wildman–Crippen MR) is 66.4 cm³/mol. The van der Waals surface area contributed by atoms with Crippen LogP contribution in [-0.4, -0.2) is 44.8 Å². The fourth-order valence-corrected chi connectivity index (χ4v) is 3.12. The molecule has 2 N–H and O–H groups in total. The SMILES string of the molecule is COCC1CCN(CCC2(CN)CCC2)C1. The maximum atomic E-state index is 5.89. The number of rotatable bonds is 6. The highest BCUT2D eigenvalue weighted by Crippen LogP contribution is 2.43. The summed E-state index contributed by atoms with van der Waals surface area (Å²) in [6, 6.07) is 0. The Kier molecular flexibility index (Phi) is 4.22. The molecule has 0 aromatic rings. The van der Waals surface area contributed by atoms with Gasteiger partial charge in [0, 0.05) is 13.7 Å². The Morgan fingerprint density at radius 3 is 2.81 bits per heavy atom. The summed E-state index contributed by atoms with van der Waals surface area (Å²) >= 11 is 0. The van der Waals surface area contributed by atoms with Crippen molar-refractivity contribution in [1.29, 1.82) is 0 Å². The van der Waals surface area contributed by atoms with Crippen molar-refractivity contribution in [2.45, 2.75) is 32.1 Å². The number of ether oxygens (including phenoxy) is 1. The predicted octanol–water partition coefficient (Wildman–Crippen LogP) is 1.47. The average Bonchev–Trinajstić information content (AvgIpc) is 2.66. The lowest BCUT2D eigenvalue weighted by Crippen LogP contribution is -2.40. The van der Waals surface area contributed by atoms with Crippen molar-refractivity contribution in [1.82, 2.24) is 4.90 Å². The number of hydrogen-bond acceptors (Lipinski definition) is 3. The quantitative estimate of drug-likeness (QED) is 0.745. The van der Waals surface area contributed by atoms with Crippen LogP contribution in [0.2, 0.25) is 0 Å². The van der Waals surface area contributed by atoms with E-state index in [9.17, 15) is 0 Å². The van der Waals surface area contributed by atoms with Crippen LogP contribution in [0.15, 0.2) is 0 Å². The van der Waals surface area contributed by atoms with E-state index in [1.54, 1.807) is 7.11 Å². The molecule has 3 heteroatoms. The average molecular weight is 226 g/mol. The molecule has 0 aromatic carbocycles. The van der Waals surface area contributed by atoms with Crippen molar-refractivity contribution in [3.63, 3.8) is 0 Å². The Hall–Kier alpha value is -0.120. The van der Waals surface area contributed by atoms with E-state index < -0.39 is 0 Å². The zero-order valence-electron chi connectivity index (χ0n) is 10.6. The van der Waals surface area contributed by atoms with Gasteiger partial charge >= 0.3 is 0 Å². The van der Waals surface area contributed by atoms with Gasteiger partial charge < -0.3 is 15.4 Å². The summed E-state index contributed by atoms with van der Waals surface area (Å²) in [4.78, 5) is 2.60. The molecule has 1 heterocycles. The summed E-state index contributed by atoms with van der Waals surface area (Å²) in [5.41, 5.74) is 6.40. The fraction of sp³-hybridized carbons (Fsp3) is 1.00. The lowest BCUT2D eigenvalue weighted by atomic mass is 9.66. The van der Waals surface area contributed by atoms with Crippen molar-refractivity contribution in [3.8, 4) is 0 Å². The molecule has 1 aliphatic carbocycles. The molecule has 2 rings (SSSR count). The van der Waals surface area contributed by atoms with E-state index in [-0.39, 0.29) is 0 Å². The van der Waals surface area contributed by atoms with Gasteiger partial charge in [-0.25, -0.2) is 0 Å². The molecule has 2 fully saturated rings. The minimum atomic E-state index is 0.513. The minimum Gasteiger partial charge on any atom is -0.384 e. The third-order valence-electron chi connectivity index (χ3n) is 4.58. The lowest BCUT2D eigenvalue weighted by molar-refractivity contribution is 0.108. The molecule has 3 nitrogen and oxygen atoms in total. The Balaban J connectivity index is 1.67. The first kappa shape index (κ1) is 12.3. The van der Waals surface area contributed by atoms with Gasteiger partial charge in [-0.15, -0.1) is 0 Å². The van der Waals surface area contributed by atoms with Gasteiger partial charge in [-0.1, -0.05) is 6.42 Å². The summed E-state index contributed by atoms with van der Waals surface area (Å²) in [5.74, 6) is 0.764. The Morgan fingerprint density at radius 2 is 2.25 bits per heavy atom. The summed E-state index contributed by atoms with van der Waals surface area (Å²) in [5, 5.41) is 0. The lowest BCUT2D eigenvalue weighted by Gasteiger charge is -2.42. The highest BCUT2D eigenvalue weighted by Gasteiger charge is 2.36. The van der Waals surface area contributed by atoms with Crippen molar-refractivity contribution in [2.24, 2.45) is 17.1 Å². The largest absolute Gasteiger partial charge is 0.384 e. The molecule has 1 atom stereocenters. The van der Waals surface area contributed by atoms with E-state index in [1.807, 2.05) is 0 Å². The number of nitrogens with zero attached hydrogens (tertiary/aromatic N) is 1. The summed E-state index contributed by atoms with van der Waals surface area (Å²) in [7, 11) is 1.81. The second-order valence-corrected chi connectivity index (χ2v) is 5.72. The molecular formula is C13H26N2O. The van der Waals surface area contributed by atoms with E-state index in [0.717, 1.165) is 19.1 Å². The van der Waals surface area contributed by atoms with Gasteiger partial charge in [-0.05, 0) is 56.7 Å². The van der Waals surface area contributed by atoms with Crippen molar-refractivity contribution in [2.75, 3.05) is 39.9 Å². The monoisotopic (exact) mass is 226 g/mol. The first-order valence-electron chi connectivity index (χ1n) is 6.69. The van der Waals surface area contributed by atoms with Crippen molar-refractivity contribution in [3.05, 3.63) is 0 Å². The van der Waals surface area contributed by atoms with Crippen molar-refractivity contribution < 1.29 is 4.74 Å². The molecular weight excluding hydrogens is 200 g/mol. The van der Waals surface area contributed by atoms with Crippen LogP contribution in [0.3, 0.4) is 0 Å². The van der Waals surface area contributed by atoms with E-state index in [1.165, 1.54) is 51.7 Å². The van der Waals surface area contributed by atoms with Crippen LogP contribution in [0.1, 0.15) is 32.1 Å². The highest BCUT2D eigenvalue weighted by molar-refractivity contribution is 4.90. The van der Waals surface area contributed by atoms with Crippen LogP contribution >= 0.6 is 0 Å². The molecule has 0 spiro atoms. The standard InChI is InChI=1S/C13H26N2O/c1-16-10-12-3-7-15(9-12)8-6-13(11-14)4-2-5-13/h12H,2-11,14H2,1H3. The van der Waals surface area contributed by atoms with E-state index in [4.69, 9.17) is 10.5 Å². The number of nitrogens with two attached hydrogens (primary N) is 1. The molecule has 0 amide bonds. The summed E-state index contributed by atoms with van der Waals surface area (Å²) in [6.07, 6.45) is 6.73. The molecule has 1 saturated heterocycles. The van der Waals surface area contributed by atoms with Crippen LogP contribution < -0.4 is 5.73 Å². The van der Waals surface area contributed by atoms with Crippen LogP contribution in [0.4, 0.5) is 0 Å². The second kappa shape index (κ2) is 5.48. The second-order valence-electron chi connectivity index (χ2n) is 5.72. The van der Waals surface area contributed by atoms with Crippen molar-refractivity contribution >= 4 is 0 Å². The maximum Gasteiger partial charge on any atom is 0.0503 e. The van der Waals surface area contributed by atoms with Gasteiger partial charge in [0.2, 0.25) is 0 Å². The van der Waals surface area contributed by atoms with Crippen LogP contribution in [0, 0.1) is 11.3 Å². The van der Waals surface area contributed by atoms with Gasteiger partial charge in [0.15, 0.2) is 0 Å². The van der Waals surface area contributed by atoms with Crippen LogP contribution in [-0.2, 0) is 4.74 Å². The molecule has 1 unspecified atom stereocenters. The Morgan fingerprint density at radius 1 is 1.44 bits per heavy atom. The topological polar surface area (TPSA) is 38.5 Å². The zero-order chi connectivity index (χ0) is 11.4. The van der Waals surface area contributed by atoms with Gasteiger partial charge in [0.25, 0.3) is 0 Å². The first-order chi connectivity index (χ1) is 7.78. The van der Waals surface area contributed by atoms with Gasteiger partial charge in [-0.2, -0.15) is 0 Å². The Bertz CT molecular complexity index is 210. The maximum absolute atomic E-state index is 5.89. The molecule has 94 valence electrons. The molecule has 16 heavy (non-hydrogen) atoms. The molecule has 1 aliphatic heterocycles. The fourth-order valence-electron chi connectivity index (χ4n) is 3.12. The summed E-state index contributed by atoms with van der Waals surface area (Å²) in [6.45, 7) is 5.56. The molecule has 0 radical (unpaired) electrons. The first-order valence-corrected chi connectivity index (χ1v) is 6.69. The number of likely N-dealkylation sites (tertiary alicyclic amines) is 1. The number of methoxy groups -OCH3 is 1. The third-order valence-corrected chi connectivity index (χ3v) is 4.58. The normalized spacial score (nSPS) is 29.2. The van der Waals surface area contributed by atoms with Crippen LogP contribution in [0.5, 0.6) is 0 Å². The van der Waals surface area contributed by atoms with Gasteiger partial charge in [0.05, 0.1) is 6.61 Å². The van der Waals surface area contributed by atoms with Gasteiger partial charge in [-0.3, -0.25) is 0 Å². The molecule has 0 bridgehead atoms. The van der Waals surface area contributed by atoms with Gasteiger partial charge in [0.1, 0.15) is 0 Å². The molecule has 2 aliphatic rings. The van der Waals surface area contributed by atoms with Crippen LogP contribution in [0.25, 0.3) is 0 Å². The summed E-state index contributed by atoms with van der Waals surface area (Å²) < 4.78 is 5.23. The van der Waals surface area contributed by atoms with E-state index in [0.29, 0.717) is 5.41 Å².